The Morgan fingerprint density at radius 3 is 2.56 bits per heavy atom. The van der Waals surface area contributed by atoms with Gasteiger partial charge in [0.1, 0.15) is 0 Å². The van der Waals surface area contributed by atoms with Crippen molar-refractivity contribution in [3.05, 3.63) is 34.2 Å². The summed E-state index contributed by atoms with van der Waals surface area (Å²) in [5.41, 5.74) is 0.210. The summed E-state index contributed by atoms with van der Waals surface area (Å²) in [7, 11) is 0. The van der Waals surface area contributed by atoms with E-state index in [2.05, 4.69) is 24.1 Å². The molecule has 1 aromatic heterocycles. The van der Waals surface area contributed by atoms with Crippen molar-refractivity contribution in [1.82, 2.24) is 10.3 Å². The van der Waals surface area contributed by atoms with E-state index in [0.717, 1.165) is 12.8 Å². The second-order valence-corrected chi connectivity index (χ2v) is 4.80. The molecule has 0 spiro atoms. The van der Waals surface area contributed by atoms with Crippen LogP contribution in [0.15, 0.2) is 23.1 Å². The SMILES string of the molecule is CCC(CC)C(Cl)CNC(=O)c1ccc(=O)[nH]c1. The Kier molecular flexibility index (Phi) is 5.92. The average molecular weight is 271 g/mol. The van der Waals surface area contributed by atoms with Gasteiger partial charge in [-0.15, -0.1) is 11.6 Å². The Hall–Kier alpha value is -1.29. The maximum Gasteiger partial charge on any atom is 0.252 e. The van der Waals surface area contributed by atoms with Gasteiger partial charge in [0.25, 0.3) is 5.91 Å². The first kappa shape index (κ1) is 14.8. The summed E-state index contributed by atoms with van der Waals surface area (Å²) < 4.78 is 0. The second-order valence-electron chi connectivity index (χ2n) is 4.24. The van der Waals surface area contributed by atoms with Gasteiger partial charge in [-0.1, -0.05) is 26.7 Å². The van der Waals surface area contributed by atoms with Crippen LogP contribution in [0.2, 0.25) is 0 Å². The smallest absolute Gasteiger partial charge is 0.252 e. The predicted octanol–water partition coefficient (Wildman–Crippen LogP) is 2.15. The summed E-state index contributed by atoms with van der Waals surface area (Å²) in [6.07, 6.45) is 3.40. The van der Waals surface area contributed by atoms with Gasteiger partial charge in [-0.3, -0.25) is 9.59 Å². The summed E-state index contributed by atoms with van der Waals surface area (Å²) in [6, 6.07) is 2.82. The molecule has 1 atom stereocenters. The highest BCUT2D eigenvalue weighted by molar-refractivity contribution is 6.21. The first-order chi connectivity index (χ1) is 8.58. The van der Waals surface area contributed by atoms with Crippen LogP contribution in [0.25, 0.3) is 0 Å². The molecule has 1 rings (SSSR count). The van der Waals surface area contributed by atoms with Crippen LogP contribution in [-0.4, -0.2) is 22.8 Å². The fourth-order valence-electron chi connectivity index (χ4n) is 1.81. The molecule has 1 aromatic rings. The van der Waals surface area contributed by atoms with E-state index in [1.165, 1.54) is 18.3 Å². The van der Waals surface area contributed by atoms with Gasteiger partial charge in [0, 0.05) is 18.8 Å². The molecule has 1 amide bonds. The number of rotatable bonds is 6. The number of amides is 1. The quantitative estimate of drug-likeness (QED) is 0.778. The first-order valence-electron chi connectivity index (χ1n) is 6.19. The van der Waals surface area contributed by atoms with Gasteiger partial charge >= 0.3 is 0 Å². The molecule has 18 heavy (non-hydrogen) atoms. The highest BCUT2D eigenvalue weighted by Crippen LogP contribution is 2.17. The van der Waals surface area contributed by atoms with Crippen LogP contribution in [0.4, 0.5) is 0 Å². The van der Waals surface area contributed by atoms with Gasteiger partial charge in [-0.2, -0.15) is 0 Å². The van der Waals surface area contributed by atoms with Crippen molar-refractivity contribution < 1.29 is 4.79 Å². The summed E-state index contributed by atoms with van der Waals surface area (Å²) in [5, 5.41) is 2.71. The van der Waals surface area contributed by atoms with Crippen LogP contribution < -0.4 is 10.9 Å². The molecule has 2 N–H and O–H groups in total. The third-order valence-electron chi connectivity index (χ3n) is 3.06. The number of alkyl halides is 1. The molecular weight excluding hydrogens is 252 g/mol. The summed E-state index contributed by atoms with van der Waals surface area (Å²) >= 11 is 6.23. The molecule has 0 aromatic carbocycles. The largest absolute Gasteiger partial charge is 0.350 e. The van der Waals surface area contributed by atoms with E-state index < -0.39 is 0 Å². The van der Waals surface area contributed by atoms with E-state index in [4.69, 9.17) is 11.6 Å². The number of hydrogen-bond donors (Lipinski definition) is 2. The number of hydrogen-bond acceptors (Lipinski definition) is 2. The monoisotopic (exact) mass is 270 g/mol. The molecule has 0 radical (unpaired) electrons. The van der Waals surface area contributed by atoms with Crippen molar-refractivity contribution in [2.24, 2.45) is 5.92 Å². The highest BCUT2D eigenvalue weighted by atomic mass is 35.5. The Morgan fingerprint density at radius 2 is 2.06 bits per heavy atom. The summed E-state index contributed by atoms with van der Waals surface area (Å²) in [5.74, 6) is 0.186. The third-order valence-corrected chi connectivity index (χ3v) is 3.57. The molecular formula is C13H19ClN2O2. The minimum Gasteiger partial charge on any atom is -0.350 e. The maximum absolute atomic E-state index is 11.8. The molecule has 1 heterocycles. The van der Waals surface area contributed by atoms with Gasteiger partial charge in [0.05, 0.1) is 10.9 Å². The average Bonchev–Trinajstić information content (AvgIpc) is 2.38. The van der Waals surface area contributed by atoms with Crippen molar-refractivity contribution in [2.45, 2.75) is 32.1 Å². The van der Waals surface area contributed by atoms with Crippen LogP contribution in [0.1, 0.15) is 37.0 Å². The number of aromatic nitrogens is 1. The van der Waals surface area contributed by atoms with Crippen LogP contribution in [0.5, 0.6) is 0 Å². The Bertz CT molecular complexity index is 420. The fraction of sp³-hybridized carbons (Fsp3) is 0.538. The number of nitrogens with one attached hydrogen (secondary N) is 2. The lowest BCUT2D eigenvalue weighted by atomic mass is 9.99. The van der Waals surface area contributed by atoms with Gasteiger partial charge in [-0.25, -0.2) is 0 Å². The minimum absolute atomic E-state index is 0.0632. The van der Waals surface area contributed by atoms with Crippen molar-refractivity contribution in [2.75, 3.05) is 6.54 Å². The van der Waals surface area contributed by atoms with E-state index in [-0.39, 0.29) is 16.8 Å². The number of carbonyl (C=O) groups is 1. The number of H-pyrrole nitrogens is 1. The topological polar surface area (TPSA) is 62.0 Å². The lowest BCUT2D eigenvalue weighted by Gasteiger charge is -2.19. The van der Waals surface area contributed by atoms with E-state index in [0.29, 0.717) is 18.0 Å². The molecule has 0 bridgehead atoms. The maximum atomic E-state index is 11.8. The van der Waals surface area contributed by atoms with E-state index in [1.54, 1.807) is 0 Å². The van der Waals surface area contributed by atoms with Crippen molar-refractivity contribution >= 4 is 17.5 Å². The first-order valence-corrected chi connectivity index (χ1v) is 6.63. The van der Waals surface area contributed by atoms with Crippen LogP contribution in [0.3, 0.4) is 0 Å². The van der Waals surface area contributed by atoms with Gasteiger partial charge in [-0.05, 0) is 12.0 Å². The molecule has 100 valence electrons. The molecule has 0 saturated heterocycles. The normalized spacial score (nSPS) is 12.4. The number of aromatic amines is 1. The van der Waals surface area contributed by atoms with E-state index in [9.17, 15) is 9.59 Å². The van der Waals surface area contributed by atoms with Crippen LogP contribution >= 0.6 is 11.6 Å². The molecule has 1 unspecified atom stereocenters. The lowest BCUT2D eigenvalue weighted by Crippen LogP contribution is -2.33. The number of pyridine rings is 1. The molecule has 0 saturated carbocycles. The van der Waals surface area contributed by atoms with Crippen molar-refractivity contribution in [3.8, 4) is 0 Å². The molecule has 0 fully saturated rings. The number of carbonyl (C=O) groups excluding carboxylic acids is 1. The Labute approximate surface area is 112 Å². The Morgan fingerprint density at radius 1 is 1.39 bits per heavy atom. The standard InChI is InChI=1S/C13H19ClN2O2/c1-3-9(4-2)11(14)8-16-13(18)10-5-6-12(17)15-7-10/h5-7,9,11H,3-4,8H2,1-2H3,(H,15,17)(H,16,18). The molecule has 4 nitrogen and oxygen atoms in total. The third kappa shape index (κ3) is 4.18. The van der Waals surface area contributed by atoms with Gasteiger partial charge in [0.2, 0.25) is 5.56 Å². The van der Waals surface area contributed by atoms with Crippen LogP contribution in [0, 0.1) is 5.92 Å². The Balaban J connectivity index is 2.51. The van der Waals surface area contributed by atoms with Crippen molar-refractivity contribution in [1.29, 1.82) is 0 Å². The number of halogens is 1. The molecule has 0 aliphatic rings. The van der Waals surface area contributed by atoms with Crippen LogP contribution in [-0.2, 0) is 0 Å². The zero-order chi connectivity index (χ0) is 13.5. The van der Waals surface area contributed by atoms with Gasteiger partial charge in [0.15, 0.2) is 0 Å². The molecule has 5 heteroatoms. The summed E-state index contributed by atoms with van der Waals surface area (Å²) in [6.45, 7) is 4.62. The summed E-state index contributed by atoms with van der Waals surface area (Å²) in [4.78, 5) is 25.1. The molecule has 0 aliphatic carbocycles. The predicted molar refractivity (Wildman–Crippen MR) is 73.1 cm³/mol. The van der Waals surface area contributed by atoms with Gasteiger partial charge < -0.3 is 10.3 Å². The van der Waals surface area contributed by atoms with Crippen molar-refractivity contribution in [3.63, 3.8) is 0 Å². The zero-order valence-corrected chi connectivity index (χ0v) is 11.5. The minimum atomic E-state index is -0.223. The fourth-order valence-corrected chi connectivity index (χ4v) is 2.24. The molecule has 0 aliphatic heterocycles. The zero-order valence-electron chi connectivity index (χ0n) is 10.7. The lowest BCUT2D eigenvalue weighted by molar-refractivity contribution is 0.0951. The van der Waals surface area contributed by atoms with E-state index in [1.807, 2.05) is 0 Å². The highest BCUT2D eigenvalue weighted by Gasteiger charge is 2.16. The second kappa shape index (κ2) is 7.21. The van der Waals surface area contributed by atoms with E-state index >= 15 is 0 Å².